The summed E-state index contributed by atoms with van der Waals surface area (Å²) in [7, 11) is 1.43. The van der Waals surface area contributed by atoms with Gasteiger partial charge in [-0.3, -0.25) is 15.6 Å². The quantitative estimate of drug-likeness (QED) is 0.209. The van der Waals surface area contributed by atoms with Gasteiger partial charge in [-0.05, 0) is 18.2 Å². The number of hydrogen-bond donors (Lipinski definition) is 4. The number of rotatable bonds is 5. The van der Waals surface area contributed by atoms with Crippen molar-refractivity contribution in [3.8, 4) is 0 Å². The van der Waals surface area contributed by atoms with Crippen molar-refractivity contribution in [1.82, 2.24) is 16.3 Å². The van der Waals surface area contributed by atoms with E-state index < -0.39 is 40.8 Å². The normalized spacial score (nSPS) is 13.2. The van der Waals surface area contributed by atoms with E-state index in [1.807, 2.05) is 0 Å². The Morgan fingerprint density at radius 2 is 1.60 bits per heavy atom. The molecule has 0 aliphatic carbocycles. The first-order valence-corrected chi connectivity index (χ1v) is 6.47. The highest BCUT2D eigenvalue weighted by atomic mass is 19.4. The molecule has 1 rings (SSSR count). The summed E-state index contributed by atoms with van der Waals surface area (Å²) >= 11 is 0. The third-order valence-electron chi connectivity index (χ3n) is 2.63. The van der Waals surface area contributed by atoms with E-state index in [0.29, 0.717) is 12.1 Å². The van der Waals surface area contributed by atoms with Crippen molar-refractivity contribution in [2.75, 3.05) is 7.05 Å². The molecule has 6 nitrogen and oxygen atoms in total. The van der Waals surface area contributed by atoms with Gasteiger partial charge in [0, 0.05) is 24.9 Å². The number of benzene rings is 1. The van der Waals surface area contributed by atoms with Crippen LogP contribution < -0.4 is 22.0 Å². The summed E-state index contributed by atoms with van der Waals surface area (Å²) in [5, 5.41) is 3.40. The molecule has 25 heavy (non-hydrogen) atoms. The Hall–Kier alpha value is -2.76. The highest BCUT2D eigenvalue weighted by Gasteiger charge is 2.37. The van der Waals surface area contributed by atoms with Gasteiger partial charge in [-0.15, -0.1) is 0 Å². The van der Waals surface area contributed by atoms with Crippen molar-refractivity contribution < 1.29 is 31.1 Å². The molecule has 0 fully saturated rings. The van der Waals surface area contributed by atoms with E-state index in [0.717, 1.165) is 12.3 Å². The van der Waals surface area contributed by atoms with Crippen molar-refractivity contribution in [2.45, 2.75) is 12.4 Å². The Balaban J connectivity index is 3.10. The van der Waals surface area contributed by atoms with Crippen molar-refractivity contribution in [3.63, 3.8) is 0 Å². The summed E-state index contributed by atoms with van der Waals surface area (Å²) in [4.78, 5) is 11.0. The minimum atomic E-state index is -4.99. The molecule has 0 spiro atoms. The van der Waals surface area contributed by atoms with Crippen LogP contribution in [0.5, 0.6) is 0 Å². The molecule has 1 amide bonds. The molecule has 12 heteroatoms. The Kier molecular flexibility index (Phi) is 6.39. The minimum Gasteiger partial charge on any atom is -0.382 e. The molecule has 0 radical (unpaired) electrons. The molecule has 0 saturated carbocycles. The lowest BCUT2D eigenvalue weighted by atomic mass is 10.0. The summed E-state index contributed by atoms with van der Waals surface area (Å²) < 4.78 is 76.5. The van der Waals surface area contributed by atoms with Crippen LogP contribution in [-0.4, -0.2) is 18.8 Å². The van der Waals surface area contributed by atoms with Crippen LogP contribution in [0.1, 0.15) is 16.7 Å². The summed E-state index contributed by atoms with van der Waals surface area (Å²) in [6.45, 7) is 0. The molecule has 1 aromatic rings. The lowest BCUT2D eigenvalue weighted by Gasteiger charge is -2.13. The standard InChI is InChI=1S/C13H13F6N5O/c1-21-23-10(25)2-3-22-24-11(20)7-4-8(12(14,15)16)6-9(5-7)13(17,18)19/h2-6,21-22H,1H3,(H2,20,24)(H,23,25)/b3-2-. The number of hydrazine groups is 1. The lowest BCUT2D eigenvalue weighted by Crippen LogP contribution is -2.32. The SMILES string of the molecule is CNNC(=O)/C=C\N/N=C(\N)c1cc(C(F)(F)F)cc(C(F)(F)F)c1. The van der Waals surface area contributed by atoms with Gasteiger partial charge < -0.3 is 5.73 Å². The first-order valence-electron chi connectivity index (χ1n) is 6.47. The van der Waals surface area contributed by atoms with Gasteiger partial charge in [0.05, 0.1) is 11.1 Å². The number of halogens is 6. The number of hydrazone groups is 1. The van der Waals surface area contributed by atoms with E-state index >= 15 is 0 Å². The van der Waals surface area contributed by atoms with E-state index in [1.54, 1.807) is 0 Å². The summed E-state index contributed by atoms with van der Waals surface area (Å²) in [6.07, 6.45) is -8.04. The maximum atomic E-state index is 12.7. The molecule has 0 atom stereocenters. The first-order chi connectivity index (χ1) is 11.4. The second-order valence-electron chi connectivity index (χ2n) is 4.49. The largest absolute Gasteiger partial charge is 0.416 e. The molecule has 0 aromatic heterocycles. The molecule has 0 aliphatic rings. The van der Waals surface area contributed by atoms with Crippen LogP contribution in [0.2, 0.25) is 0 Å². The van der Waals surface area contributed by atoms with E-state index in [1.165, 1.54) is 7.05 Å². The monoisotopic (exact) mass is 369 g/mol. The number of carbonyl (C=O) groups excluding carboxylic acids is 1. The third-order valence-corrected chi connectivity index (χ3v) is 2.63. The second-order valence-corrected chi connectivity index (χ2v) is 4.49. The van der Waals surface area contributed by atoms with Crippen LogP contribution in [0.3, 0.4) is 0 Å². The van der Waals surface area contributed by atoms with E-state index in [2.05, 4.69) is 21.4 Å². The molecule has 5 N–H and O–H groups in total. The fourth-order valence-electron chi connectivity index (χ4n) is 1.55. The van der Waals surface area contributed by atoms with Crippen LogP contribution in [0.15, 0.2) is 35.6 Å². The molecule has 0 bridgehead atoms. The lowest BCUT2D eigenvalue weighted by molar-refractivity contribution is -0.143. The highest BCUT2D eigenvalue weighted by Crippen LogP contribution is 2.36. The van der Waals surface area contributed by atoms with Crippen LogP contribution in [0, 0.1) is 0 Å². The number of hydrogen-bond acceptors (Lipinski definition) is 4. The average Bonchev–Trinajstić information content (AvgIpc) is 2.49. The van der Waals surface area contributed by atoms with Gasteiger partial charge in [0.1, 0.15) is 0 Å². The molecular formula is C13H13F6N5O. The molecule has 0 saturated heterocycles. The molecule has 1 aromatic carbocycles. The summed E-state index contributed by atoms with van der Waals surface area (Å²) in [6, 6.07) is 0.854. The minimum absolute atomic E-state index is 0.0216. The fourth-order valence-corrected chi connectivity index (χ4v) is 1.55. The van der Waals surface area contributed by atoms with Crippen LogP contribution >= 0.6 is 0 Å². The van der Waals surface area contributed by atoms with Crippen LogP contribution in [-0.2, 0) is 17.1 Å². The molecule has 0 aliphatic heterocycles. The number of carbonyl (C=O) groups is 1. The molecule has 138 valence electrons. The number of amides is 1. The van der Waals surface area contributed by atoms with Crippen molar-refractivity contribution in [1.29, 1.82) is 0 Å². The van der Waals surface area contributed by atoms with Crippen molar-refractivity contribution in [3.05, 3.63) is 47.2 Å². The van der Waals surface area contributed by atoms with Crippen LogP contribution in [0.25, 0.3) is 0 Å². The number of amidine groups is 1. The maximum absolute atomic E-state index is 12.7. The summed E-state index contributed by atoms with van der Waals surface area (Å²) in [5.74, 6) is -1.21. The highest BCUT2D eigenvalue weighted by molar-refractivity contribution is 5.97. The molecular weight excluding hydrogens is 356 g/mol. The predicted octanol–water partition coefficient (Wildman–Crippen LogP) is 1.70. The van der Waals surface area contributed by atoms with Gasteiger partial charge in [0.15, 0.2) is 5.84 Å². The van der Waals surface area contributed by atoms with Crippen molar-refractivity contribution >= 4 is 11.7 Å². The van der Waals surface area contributed by atoms with Gasteiger partial charge in [0.25, 0.3) is 5.91 Å². The van der Waals surface area contributed by atoms with Crippen LogP contribution in [0.4, 0.5) is 26.3 Å². The smallest absolute Gasteiger partial charge is 0.382 e. The topological polar surface area (TPSA) is 91.5 Å². The average molecular weight is 369 g/mol. The third kappa shape index (κ3) is 6.33. The van der Waals surface area contributed by atoms with E-state index in [4.69, 9.17) is 5.73 Å². The maximum Gasteiger partial charge on any atom is 0.416 e. The van der Waals surface area contributed by atoms with Gasteiger partial charge in [-0.25, -0.2) is 5.43 Å². The van der Waals surface area contributed by atoms with Gasteiger partial charge in [-0.1, -0.05) is 0 Å². The number of nitrogens with one attached hydrogen (secondary N) is 3. The second kappa shape index (κ2) is 7.88. The van der Waals surface area contributed by atoms with Gasteiger partial charge in [-0.2, -0.15) is 31.4 Å². The van der Waals surface area contributed by atoms with E-state index in [-0.39, 0.29) is 6.07 Å². The van der Waals surface area contributed by atoms with Gasteiger partial charge in [0.2, 0.25) is 0 Å². The Morgan fingerprint density at radius 3 is 2.04 bits per heavy atom. The Morgan fingerprint density at radius 1 is 1.08 bits per heavy atom. The zero-order valence-corrected chi connectivity index (χ0v) is 12.6. The molecule has 0 unspecified atom stereocenters. The fraction of sp³-hybridized carbons (Fsp3) is 0.231. The zero-order valence-electron chi connectivity index (χ0n) is 12.6. The number of nitrogens with zero attached hydrogens (tertiary/aromatic N) is 1. The Bertz CT molecular complexity index is 648. The van der Waals surface area contributed by atoms with Crippen molar-refractivity contribution in [2.24, 2.45) is 10.8 Å². The first kappa shape index (κ1) is 20.3. The summed E-state index contributed by atoms with van der Waals surface area (Å²) in [5.41, 5.74) is 8.41. The predicted molar refractivity (Wildman–Crippen MR) is 76.6 cm³/mol. The van der Waals surface area contributed by atoms with Gasteiger partial charge >= 0.3 is 12.4 Å². The zero-order chi connectivity index (χ0) is 19.3. The van der Waals surface area contributed by atoms with E-state index in [9.17, 15) is 31.1 Å². The number of alkyl halides is 6. The Labute approximate surface area is 137 Å². The molecule has 0 heterocycles. The number of nitrogens with two attached hydrogens (primary N) is 1.